The van der Waals surface area contributed by atoms with Crippen LogP contribution in [-0.2, 0) is 4.79 Å². The maximum atomic E-state index is 11.3. The van der Waals surface area contributed by atoms with Gasteiger partial charge in [0.05, 0.1) is 0 Å². The van der Waals surface area contributed by atoms with Gasteiger partial charge < -0.3 is 19.8 Å². The van der Waals surface area contributed by atoms with Crippen molar-refractivity contribution < 1.29 is 9.90 Å². The monoisotopic (exact) mass is 680 g/mol. The lowest BCUT2D eigenvalue weighted by Gasteiger charge is -2.25. The first kappa shape index (κ1) is 35.0. The summed E-state index contributed by atoms with van der Waals surface area (Å²) >= 11 is 0. The molecule has 6 aromatic rings. The summed E-state index contributed by atoms with van der Waals surface area (Å²) in [5.41, 5.74) is 12.3. The van der Waals surface area contributed by atoms with Crippen LogP contribution in [0.2, 0.25) is 0 Å². The van der Waals surface area contributed by atoms with Crippen molar-refractivity contribution in [3.63, 3.8) is 0 Å². The lowest BCUT2D eigenvalue weighted by Crippen LogP contribution is -2.09. The molecule has 0 amide bonds. The molecule has 0 aliphatic heterocycles. The van der Waals surface area contributed by atoms with Gasteiger partial charge in [-0.05, 0) is 112 Å². The smallest absolute Gasteiger partial charge is 0.346 e. The molecule has 0 radical (unpaired) electrons. The van der Waals surface area contributed by atoms with E-state index in [2.05, 4.69) is 146 Å². The minimum absolute atomic E-state index is 0.308. The van der Waals surface area contributed by atoms with E-state index in [0.717, 1.165) is 61.8 Å². The molecule has 1 N–H and O–H groups in total. The Balaban J connectivity index is 1.29. The Morgan fingerprint density at radius 2 is 0.904 bits per heavy atom. The summed E-state index contributed by atoms with van der Waals surface area (Å²) in [7, 11) is 8.21. The first-order chi connectivity index (χ1) is 25.2. The lowest BCUT2D eigenvalue weighted by molar-refractivity contribution is -0.132. The fraction of sp³-hybridized carbons (Fsp3) is 0.0870. The number of nitrogens with zero attached hydrogens (tertiary/aromatic N) is 4. The topological polar surface area (TPSA) is 70.8 Å². The second-order valence-corrected chi connectivity index (χ2v) is 12.8. The number of nitriles is 1. The maximum absolute atomic E-state index is 11.3. The summed E-state index contributed by atoms with van der Waals surface area (Å²) < 4.78 is 0. The number of carboxylic acid groups (broad SMARTS) is 1. The summed E-state index contributed by atoms with van der Waals surface area (Å²) in [4.78, 5) is 17.7. The number of benzene rings is 6. The number of hydrogen-bond acceptors (Lipinski definition) is 5. The van der Waals surface area contributed by atoms with Crippen LogP contribution >= 0.6 is 0 Å². The normalized spacial score (nSPS) is 10.9. The highest BCUT2D eigenvalue weighted by Crippen LogP contribution is 2.36. The Kier molecular flexibility index (Phi) is 10.6. The SMILES string of the molecule is CN(C)c1ccc(C(=Cc2ccc(-c3ccc(N(c4ccccc4)c4ccc(/C=C(/C#N)C(=O)O)cc4)cc3)cc2)c2ccc(N(C)C)cc2)cc1. The summed E-state index contributed by atoms with van der Waals surface area (Å²) in [6, 6.07) is 53.8. The van der Waals surface area contributed by atoms with Crippen molar-refractivity contribution in [1.82, 2.24) is 0 Å². The van der Waals surface area contributed by atoms with Gasteiger partial charge >= 0.3 is 5.97 Å². The first-order valence-corrected chi connectivity index (χ1v) is 17.0. The van der Waals surface area contributed by atoms with Gasteiger partial charge in [0.25, 0.3) is 0 Å². The predicted molar refractivity (Wildman–Crippen MR) is 216 cm³/mol. The number of carbonyl (C=O) groups is 1. The van der Waals surface area contributed by atoms with Crippen LogP contribution in [0, 0.1) is 11.3 Å². The maximum Gasteiger partial charge on any atom is 0.346 e. The Morgan fingerprint density at radius 1 is 0.519 bits per heavy atom. The molecule has 0 spiro atoms. The molecular weight excluding hydrogens is 641 g/mol. The van der Waals surface area contributed by atoms with Gasteiger partial charge in [-0.25, -0.2) is 4.79 Å². The lowest BCUT2D eigenvalue weighted by atomic mass is 9.94. The van der Waals surface area contributed by atoms with Crippen molar-refractivity contribution in [2.75, 3.05) is 42.9 Å². The van der Waals surface area contributed by atoms with Crippen molar-refractivity contribution in [2.45, 2.75) is 0 Å². The van der Waals surface area contributed by atoms with E-state index in [1.54, 1.807) is 6.07 Å². The first-order valence-electron chi connectivity index (χ1n) is 17.0. The van der Waals surface area contributed by atoms with Crippen LogP contribution in [0.25, 0.3) is 28.9 Å². The van der Waals surface area contributed by atoms with E-state index < -0.39 is 5.97 Å². The average molecular weight is 681 g/mol. The van der Waals surface area contributed by atoms with Crippen molar-refractivity contribution in [2.24, 2.45) is 0 Å². The third-order valence-corrected chi connectivity index (χ3v) is 8.90. The Labute approximate surface area is 306 Å². The van der Waals surface area contributed by atoms with Crippen LogP contribution in [0.3, 0.4) is 0 Å². The van der Waals surface area contributed by atoms with Crippen molar-refractivity contribution >= 4 is 52.1 Å². The minimum atomic E-state index is -1.24. The largest absolute Gasteiger partial charge is 0.477 e. The van der Waals surface area contributed by atoms with Crippen LogP contribution in [0.4, 0.5) is 28.4 Å². The highest BCUT2D eigenvalue weighted by molar-refractivity contribution is 5.96. The number of hydrogen-bond donors (Lipinski definition) is 1. The molecular formula is C46H40N4O2. The second kappa shape index (κ2) is 15.8. The van der Waals surface area contributed by atoms with Crippen LogP contribution in [0.1, 0.15) is 22.3 Å². The summed E-state index contributed by atoms with van der Waals surface area (Å²) in [6.07, 6.45) is 3.63. The van der Waals surface area contributed by atoms with Crippen molar-refractivity contribution in [3.05, 3.63) is 179 Å². The van der Waals surface area contributed by atoms with Crippen LogP contribution < -0.4 is 14.7 Å². The van der Waals surface area contributed by atoms with E-state index in [0.29, 0.717) is 5.56 Å². The standard InChI is InChI=1S/C46H40N4O2/c1-48(2)40-24-18-37(19-25-40)45(38-20-26-41(27-21-38)49(3)4)31-34-10-14-35(15-11-34)36-16-28-44(29-17-36)50(42-8-6-5-7-9-42)43-22-12-33(13-23-43)30-39(32-47)46(51)52/h5-31H,1-4H3,(H,51,52)/b39-30-. The molecule has 0 saturated heterocycles. The fourth-order valence-corrected chi connectivity index (χ4v) is 6.01. The van der Waals surface area contributed by atoms with E-state index in [9.17, 15) is 9.90 Å². The van der Waals surface area contributed by atoms with Gasteiger partial charge in [-0.2, -0.15) is 5.26 Å². The molecule has 6 heteroatoms. The molecule has 0 heterocycles. The molecule has 6 aromatic carbocycles. The van der Waals surface area contributed by atoms with Crippen molar-refractivity contribution in [1.29, 1.82) is 5.26 Å². The predicted octanol–water partition coefficient (Wildman–Crippen LogP) is 10.5. The molecule has 0 saturated carbocycles. The second-order valence-electron chi connectivity index (χ2n) is 12.8. The van der Waals surface area contributed by atoms with E-state index >= 15 is 0 Å². The van der Waals surface area contributed by atoms with Gasteiger partial charge in [0, 0.05) is 56.6 Å². The Bertz CT molecular complexity index is 2180. The van der Waals surface area contributed by atoms with E-state index in [1.165, 1.54) is 6.08 Å². The molecule has 0 aliphatic carbocycles. The number of para-hydroxylation sites is 1. The minimum Gasteiger partial charge on any atom is -0.477 e. The molecule has 0 unspecified atom stereocenters. The van der Waals surface area contributed by atoms with Crippen LogP contribution in [0.5, 0.6) is 0 Å². The van der Waals surface area contributed by atoms with E-state index in [1.807, 2.05) is 54.6 Å². The zero-order chi connectivity index (χ0) is 36.6. The van der Waals surface area contributed by atoms with Crippen LogP contribution in [0.15, 0.2) is 157 Å². The van der Waals surface area contributed by atoms with E-state index in [4.69, 9.17) is 5.26 Å². The number of carboxylic acids is 1. The average Bonchev–Trinajstić information content (AvgIpc) is 3.17. The van der Waals surface area contributed by atoms with Gasteiger partial charge in [0.2, 0.25) is 0 Å². The summed E-state index contributed by atoms with van der Waals surface area (Å²) in [5, 5.41) is 18.4. The summed E-state index contributed by atoms with van der Waals surface area (Å²) in [6.45, 7) is 0. The molecule has 6 nitrogen and oxygen atoms in total. The molecule has 0 bridgehead atoms. The third-order valence-electron chi connectivity index (χ3n) is 8.90. The van der Waals surface area contributed by atoms with E-state index in [-0.39, 0.29) is 5.57 Å². The molecule has 0 fully saturated rings. The highest BCUT2D eigenvalue weighted by atomic mass is 16.4. The number of anilines is 5. The number of aliphatic carboxylic acids is 1. The van der Waals surface area contributed by atoms with Crippen LogP contribution in [-0.4, -0.2) is 39.3 Å². The quantitative estimate of drug-likeness (QED) is 0.0834. The zero-order valence-electron chi connectivity index (χ0n) is 29.7. The summed E-state index contributed by atoms with van der Waals surface area (Å²) in [5.74, 6) is -1.24. The third kappa shape index (κ3) is 8.13. The van der Waals surface area contributed by atoms with Crippen molar-refractivity contribution in [3.8, 4) is 17.2 Å². The molecule has 0 aromatic heterocycles. The fourth-order valence-electron chi connectivity index (χ4n) is 6.01. The van der Waals surface area contributed by atoms with Gasteiger partial charge in [0.1, 0.15) is 11.6 Å². The van der Waals surface area contributed by atoms with Gasteiger partial charge in [0.15, 0.2) is 0 Å². The highest BCUT2D eigenvalue weighted by Gasteiger charge is 2.14. The molecule has 256 valence electrons. The molecule has 52 heavy (non-hydrogen) atoms. The molecule has 6 rings (SSSR count). The Morgan fingerprint density at radius 3 is 1.35 bits per heavy atom. The van der Waals surface area contributed by atoms with Gasteiger partial charge in [-0.15, -0.1) is 0 Å². The number of rotatable bonds is 11. The van der Waals surface area contributed by atoms with Gasteiger partial charge in [-0.1, -0.05) is 91.0 Å². The van der Waals surface area contributed by atoms with Gasteiger partial charge in [-0.3, -0.25) is 0 Å². The molecule has 0 aliphatic rings. The molecule has 0 atom stereocenters. The Hall–Kier alpha value is -6.84. The zero-order valence-corrected chi connectivity index (χ0v) is 29.7.